The van der Waals surface area contributed by atoms with Gasteiger partial charge >= 0.3 is 0 Å². The van der Waals surface area contributed by atoms with Gasteiger partial charge in [-0.2, -0.15) is 0 Å². The van der Waals surface area contributed by atoms with Gasteiger partial charge in [0.05, 0.1) is 18.2 Å². The van der Waals surface area contributed by atoms with Gasteiger partial charge in [0, 0.05) is 13.6 Å². The van der Waals surface area contributed by atoms with Crippen LogP contribution in [0.25, 0.3) is 5.57 Å². The van der Waals surface area contributed by atoms with Crippen LogP contribution in [0.4, 0.5) is 0 Å². The van der Waals surface area contributed by atoms with Crippen molar-refractivity contribution < 1.29 is 14.3 Å². The molecule has 3 aromatic rings. The highest BCUT2D eigenvalue weighted by molar-refractivity contribution is 6.35. The van der Waals surface area contributed by atoms with Crippen LogP contribution in [0, 0.1) is 6.92 Å². The van der Waals surface area contributed by atoms with Crippen molar-refractivity contribution in [3.63, 3.8) is 0 Å². The Morgan fingerprint density at radius 3 is 2.09 bits per heavy atom. The zero-order chi connectivity index (χ0) is 24.2. The van der Waals surface area contributed by atoms with Crippen LogP contribution in [0.3, 0.4) is 0 Å². The number of carbonyl (C=O) groups is 2. The molecule has 0 unspecified atom stereocenters. The molecule has 0 atom stereocenters. The van der Waals surface area contributed by atoms with Gasteiger partial charge in [-0.3, -0.25) is 14.5 Å². The molecule has 0 N–H and O–H groups in total. The number of rotatable bonds is 8. The third-order valence-electron chi connectivity index (χ3n) is 5.76. The van der Waals surface area contributed by atoms with Crippen molar-refractivity contribution in [2.75, 3.05) is 7.05 Å². The molecular weight excluding hydrogens is 424 g/mol. The van der Waals surface area contributed by atoms with E-state index < -0.39 is 0 Å². The maximum atomic E-state index is 13.6. The molecule has 5 heteroatoms. The summed E-state index contributed by atoms with van der Waals surface area (Å²) in [4.78, 5) is 30.4. The van der Waals surface area contributed by atoms with Crippen LogP contribution >= 0.6 is 0 Å². The first-order valence-corrected chi connectivity index (χ1v) is 11.5. The molecule has 0 fully saturated rings. The number of carbonyl (C=O) groups excluding carboxylic acids is 2. The predicted molar refractivity (Wildman–Crippen MR) is 134 cm³/mol. The van der Waals surface area contributed by atoms with Gasteiger partial charge in [0.2, 0.25) is 0 Å². The molecule has 1 heterocycles. The molecule has 0 saturated carbocycles. The van der Waals surface area contributed by atoms with E-state index in [0.717, 1.165) is 22.4 Å². The van der Waals surface area contributed by atoms with Crippen LogP contribution in [0.2, 0.25) is 0 Å². The molecule has 5 nitrogen and oxygen atoms in total. The lowest BCUT2D eigenvalue weighted by Crippen LogP contribution is -2.33. The molecule has 1 aliphatic rings. The van der Waals surface area contributed by atoms with Gasteiger partial charge in [-0.25, -0.2) is 0 Å². The molecule has 0 saturated heterocycles. The summed E-state index contributed by atoms with van der Waals surface area (Å²) in [6.45, 7) is 6.70. The smallest absolute Gasteiger partial charge is 0.278 e. The Morgan fingerprint density at radius 2 is 1.47 bits per heavy atom. The van der Waals surface area contributed by atoms with Gasteiger partial charge in [0.15, 0.2) is 0 Å². The minimum Gasteiger partial charge on any atom is -0.491 e. The van der Waals surface area contributed by atoms with Gasteiger partial charge in [-0.05, 0) is 49.6 Å². The second kappa shape index (κ2) is 9.96. The molecule has 0 aromatic heterocycles. The van der Waals surface area contributed by atoms with Gasteiger partial charge in [-0.1, -0.05) is 72.3 Å². The highest BCUT2D eigenvalue weighted by Crippen LogP contribution is 2.33. The number of amides is 2. The minimum atomic E-state index is -0.280. The summed E-state index contributed by atoms with van der Waals surface area (Å²) in [7, 11) is 1.86. The summed E-state index contributed by atoms with van der Waals surface area (Å²) in [6, 6.07) is 25.2. The van der Waals surface area contributed by atoms with Crippen molar-refractivity contribution >= 4 is 17.4 Å². The van der Waals surface area contributed by atoms with Gasteiger partial charge in [0.25, 0.3) is 11.8 Å². The summed E-state index contributed by atoms with van der Waals surface area (Å²) < 4.78 is 5.75. The predicted octanol–water partition coefficient (Wildman–Crippen LogP) is 5.19. The fourth-order valence-corrected chi connectivity index (χ4v) is 4.11. The molecule has 174 valence electrons. The number of hydrogen-bond acceptors (Lipinski definition) is 4. The lowest BCUT2D eigenvalue weighted by Gasteiger charge is -2.21. The topological polar surface area (TPSA) is 49.9 Å². The third-order valence-corrected chi connectivity index (χ3v) is 5.76. The molecule has 3 aromatic carbocycles. The molecule has 0 bridgehead atoms. The van der Waals surface area contributed by atoms with E-state index in [1.807, 2.05) is 112 Å². The van der Waals surface area contributed by atoms with E-state index in [1.54, 1.807) is 0 Å². The largest absolute Gasteiger partial charge is 0.491 e. The summed E-state index contributed by atoms with van der Waals surface area (Å²) in [5, 5.41) is 0. The first-order chi connectivity index (χ1) is 16.3. The van der Waals surface area contributed by atoms with Crippen LogP contribution in [-0.2, 0) is 22.7 Å². The van der Waals surface area contributed by atoms with Crippen LogP contribution in [0.5, 0.6) is 5.75 Å². The number of likely N-dealkylation sites (N-methyl/N-ethyl adjacent to an activating group) is 1. The molecule has 2 amide bonds. The summed E-state index contributed by atoms with van der Waals surface area (Å²) in [5.74, 6) is 0.173. The maximum Gasteiger partial charge on any atom is 0.278 e. The minimum absolute atomic E-state index is 0.0531. The average Bonchev–Trinajstić information content (AvgIpc) is 3.06. The van der Waals surface area contributed by atoms with Crippen molar-refractivity contribution in [3.05, 3.63) is 107 Å². The fraction of sp³-hybridized carbons (Fsp3) is 0.241. The van der Waals surface area contributed by atoms with E-state index in [9.17, 15) is 9.59 Å². The van der Waals surface area contributed by atoms with E-state index >= 15 is 0 Å². The quantitative estimate of drug-likeness (QED) is 0.439. The summed E-state index contributed by atoms with van der Waals surface area (Å²) in [5.41, 5.74) is 4.66. The first kappa shape index (κ1) is 23.3. The molecule has 1 aliphatic heterocycles. The molecule has 0 radical (unpaired) electrons. The zero-order valence-electron chi connectivity index (χ0n) is 20.1. The van der Waals surface area contributed by atoms with Crippen molar-refractivity contribution in [2.45, 2.75) is 40.0 Å². The number of imide groups is 1. The Hall–Kier alpha value is -3.86. The van der Waals surface area contributed by atoms with E-state index in [4.69, 9.17) is 4.74 Å². The van der Waals surface area contributed by atoms with Crippen molar-refractivity contribution in [2.24, 2.45) is 0 Å². The summed E-state index contributed by atoms with van der Waals surface area (Å²) in [6.07, 6.45) is 0.0531. The molecule has 4 rings (SSSR count). The van der Waals surface area contributed by atoms with Crippen LogP contribution in [0.15, 0.2) is 84.6 Å². The van der Waals surface area contributed by atoms with Crippen molar-refractivity contribution in [1.29, 1.82) is 0 Å². The maximum absolute atomic E-state index is 13.6. The van der Waals surface area contributed by atoms with Gasteiger partial charge in [-0.15, -0.1) is 0 Å². The molecule has 0 aliphatic carbocycles. The van der Waals surface area contributed by atoms with Crippen molar-refractivity contribution in [1.82, 2.24) is 9.80 Å². The Labute approximate surface area is 201 Å². The zero-order valence-corrected chi connectivity index (χ0v) is 20.1. The Kier molecular flexibility index (Phi) is 6.82. The van der Waals surface area contributed by atoms with Crippen LogP contribution in [-0.4, -0.2) is 34.8 Å². The SMILES string of the molecule is Cc1ccc(CN2C(=O)C(c3ccc(OC(C)C)cc3)=C(N(C)Cc3ccccc3)C2=O)cc1. The first-order valence-electron chi connectivity index (χ1n) is 11.5. The van der Waals surface area contributed by atoms with Crippen molar-refractivity contribution in [3.8, 4) is 5.75 Å². The Bertz CT molecular complexity index is 1200. The second-order valence-corrected chi connectivity index (χ2v) is 8.94. The van der Waals surface area contributed by atoms with E-state index in [-0.39, 0.29) is 24.5 Å². The lowest BCUT2D eigenvalue weighted by atomic mass is 10.0. The lowest BCUT2D eigenvalue weighted by molar-refractivity contribution is -0.138. The van der Waals surface area contributed by atoms with Gasteiger partial charge in [0.1, 0.15) is 11.4 Å². The van der Waals surface area contributed by atoms with Crippen LogP contribution in [0.1, 0.15) is 36.1 Å². The monoisotopic (exact) mass is 454 g/mol. The molecular formula is C29H30N2O3. The normalized spacial score (nSPS) is 13.7. The number of aryl methyl sites for hydroxylation is 1. The number of ether oxygens (including phenoxy) is 1. The Balaban J connectivity index is 1.70. The van der Waals surface area contributed by atoms with E-state index in [0.29, 0.717) is 23.4 Å². The third kappa shape index (κ3) is 5.04. The second-order valence-electron chi connectivity index (χ2n) is 8.94. The number of nitrogens with zero attached hydrogens (tertiary/aromatic N) is 2. The van der Waals surface area contributed by atoms with Crippen LogP contribution < -0.4 is 4.74 Å². The standard InChI is InChI=1S/C29H30N2O3/c1-20(2)34-25-16-14-24(15-17-25)26-27(30(4)18-22-8-6-5-7-9-22)29(33)31(28(26)32)19-23-12-10-21(3)11-13-23/h5-17,20H,18-19H2,1-4H3. The highest BCUT2D eigenvalue weighted by Gasteiger charge is 2.40. The number of hydrogen-bond donors (Lipinski definition) is 0. The van der Waals surface area contributed by atoms with Gasteiger partial charge < -0.3 is 9.64 Å². The molecule has 34 heavy (non-hydrogen) atoms. The average molecular weight is 455 g/mol. The number of benzene rings is 3. The fourth-order valence-electron chi connectivity index (χ4n) is 4.11. The van der Waals surface area contributed by atoms with E-state index in [1.165, 1.54) is 4.90 Å². The molecule has 0 spiro atoms. The summed E-state index contributed by atoms with van der Waals surface area (Å²) >= 11 is 0. The Morgan fingerprint density at radius 1 is 0.824 bits per heavy atom. The highest BCUT2D eigenvalue weighted by atomic mass is 16.5. The van der Waals surface area contributed by atoms with E-state index in [2.05, 4.69) is 0 Å².